The van der Waals surface area contributed by atoms with Crippen LogP contribution in [0.1, 0.15) is 53.2 Å². The molecule has 1 atom stereocenters. The minimum Gasteiger partial charge on any atom is -0.350 e. The van der Waals surface area contributed by atoms with Gasteiger partial charge in [0.1, 0.15) is 0 Å². The third-order valence-electron chi connectivity index (χ3n) is 5.93. The molecule has 2 aliphatic rings. The summed E-state index contributed by atoms with van der Waals surface area (Å²) in [6, 6.07) is 12.5. The maximum absolute atomic E-state index is 13.0. The largest absolute Gasteiger partial charge is 0.350 e. The van der Waals surface area contributed by atoms with Crippen molar-refractivity contribution in [2.24, 2.45) is 0 Å². The number of benzene rings is 2. The zero-order valence-corrected chi connectivity index (χ0v) is 19.2. The first-order chi connectivity index (χ1) is 14.8. The van der Waals surface area contributed by atoms with Crippen LogP contribution < -0.4 is 10.0 Å². The van der Waals surface area contributed by atoms with E-state index in [2.05, 4.69) is 14.9 Å². The Morgan fingerprint density at radius 2 is 1.90 bits per heavy atom. The van der Waals surface area contributed by atoms with Crippen LogP contribution in [-0.4, -0.2) is 44.9 Å². The van der Waals surface area contributed by atoms with Gasteiger partial charge in [-0.25, -0.2) is 13.1 Å². The van der Waals surface area contributed by atoms with E-state index in [1.807, 2.05) is 31.2 Å². The maximum Gasteiger partial charge on any atom is 0.251 e. The van der Waals surface area contributed by atoms with Crippen molar-refractivity contribution in [3.63, 3.8) is 0 Å². The number of nitrogens with zero attached hydrogens (tertiary/aromatic N) is 1. The zero-order chi connectivity index (χ0) is 22.0. The number of hydrogen-bond acceptors (Lipinski definition) is 4. The van der Waals surface area contributed by atoms with Crippen molar-refractivity contribution >= 4 is 27.5 Å². The molecular weight excluding hydrogens is 434 g/mol. The van der Waals surface area contributed by atoms with Crippen LogP contribution in [-0.2, 0) is 10.0 Å². The van der Waals surface area contributed by atoms with Crippen molar-refractivity contribution in [3.05, 3.63) is 64.2 Å². The fraction of sp³-hybridized carbons (Fsp3) is 0.435. The number of likely N-dealkylation sites (tertiary alicyclic amines) is 1. The number of sulfonamides is 1. The molecule has 0 bridgehead atoms. The highest BCUT2D eigenvalue weighted by Crippen LogP contribution is 2.27. The fourth-order valence-corrected chi connectivity index (χ4v) is 5.54. The Morgan fingerprint density at radius 1 is 1.16 bits per heavy atom. The Hall–Kier alpha value is -1.93. The topological polar surface area (TPSA) is 78.5 Å². The van der Waals surface area contributed by atoms with Crippen LogP contribution in [0.4, 0.5) is 0 Å². The molecule has 31 heavy (non-hydrogen) atoms. The molecule has 1 amide bonds. The molecule has 1 heterocycles. The van der Waals surface area contributed by atoms with E-state index in [1.165, 1.54) is 6.07 Å². The molecule has 1 saturated heterocycles. The van der Waals surface area contributed by atoms with E-state index in [0.29, 0.717) is 17.1 Å². The first-order valence-electron chi connectivity index (χ1n) is 10.7. The highest BCUT2D eigenvalue weighted by Gasteiger charge is 2.29. The molecule has 8 heteroatoms. The number of carbonyl (C=O) groups is 1. The number of rotatable bonds is 8. The monoisotopic (exact) mass is 461 g/mol. The highest BCUT2D eigenvalue weighted by atomic mass is 35.5. The number of carbonyl (C=O) groups excluding carboxylic acids is 1. The molecule has 2 fully saturated rings. The van der Waals surface area contributed by atoms with Gasteiger partial charge < -0.3 is 5.32 Å². The van der Waals surface area contributed by atoms with E-state index in [9.17, 15) is 13.2 Å². The van der Waals surface area contributed by atoms with Crippen molar-refractivity contribution in [2.45, 2.75) is 49.6 Å². The highest BCUT2D eigenvalue weighted by molar-refractivity contribution is 7.89. The number of hydrogen-bond donors (Lipinski definition) is 2. The molecule has 166 valence electrons. The molecule has 0 spiro atoms. The van der Waals surface area contributed by atoms with Gasteiger partial charge in [-0.3, -0.25) is 9.69 Å². The number of amides is 1. The van der Waals surface area contributed by atoms with Gasteiger partial charge in [0.25, 0.3) is 5.91 Å². The summed E-state index contributed by atoms with van der Waals surface area (Å²) in [5.41, 5.74) is 2.18. The standard InChI is InChI=1S/C23H28ClN3O3S/c1-16-7-10-20(31(29,30)26-19-8-9-19)14-21(16)23(28)25-15-22(27-11-2-3-12-27)17-5-4-6-18(24)13-17/h4-7,10,13-14,19,22,26H,2-3,8-9,11-12,15H2,1H3,(H,25,28). The Balaban J connectivity index is 1.51. The Kier molecular flexibility index (Phi) is 6.67. The molecule has 4 rings (SSSR count). The Bertz CT molecular complexity index is 1060. The van der Waals surface area contributed by atoms with Gasteiger partial charge in [-0.05, 0) is 81.1 Å². The predicted molar refractivity (Wildman–Crippen MR) is 122 cm³/mol. The summed E-state index contributed by atoms with van der Waals surface area (Å²) in [7, 11) is -3.61. The molecule has 0 radical (unpaired) electrons. The van der Waals surface area contributed by atoms with Crippen molar-refractivity contribution in [2.75, 3.05) is 19.6 Å². The summed E-state index contributed by atoms with van der Waals surface area (Å²) < 4.78 is 27.8. The summed E-state index contributed by atoms with van der Waals surface area (Å²) in [4.78, 5) is 15.5. The number of nitrogens with one attached hydrogen (secondary N) is 2. The molecule has 2 aromatic rings. The first kappa shape index (κ1) is 22.3. The SMILES string of the molecule is Cc1ccc(S(=O)(=O)NC2CC2)cc1C(=O)NCC(c1cccc(Cl)c1)N1CCCC1. The van der Waals surface area contributed by atoms with E-state index in [-0.39, 0.29) is 22.9 Å². The molecule has 0 aromatic heterocycles. The van der Waals surface area contributed by atoms with Crippen LogP contribution in [0.3, 0.4) is 0 Å². The Labute approximate surface area is 189 Å². The van der Waals surface area contributed by atoms with Crippen LogP contribution in [0.15, 0.2) is 47.4 Å². The summed E-state index contributed by atoms with van der Waals surface area (Å²) in [6.45, 7) is 4.20. The third kappa shape index (κ3) is 5.47. The molecular formula is C23H28ClN3O3S. The molecule has 1 aliphatic carbocycles. The summed E-state index contributed by atoms with van der Waals surface area (Å²) in [6.07, 6.45) is 4.00. The van der Waals surface area contributed by atoms with Gasteiger partial charge in [0.15, 0.2) is 0 Å². The summed E-state index contributed by atoms with van der Waals surface area (Å²) >= 11 is 6.21. The maximum atomic E-state index is 13.0. The lowest BCUT2D eigenvalue weighted by Gasteiger charge is -2.28. The summed E-state index contributed by atoms with van der Waals surface area (Å²) in [5.74, 6) is -0.271. The van der Waals surface area contributed by atoms with Crippen molar-refractivity contribution in [1.82, 2.24) is 14.9 Å². The van der Waals surface area contributed by atoms with Crippen molar-refractivity contribution < 1.29 is 13.2 Å². The fourth-order valence-electron chi connectivity index (χ4n) is 4.01. The molecule has 1 aliphatic heterocycles. The van der Waals surface area contributed by atoms with Gasteiger partial charge in [0, 0.05) is 23.2 Å². The van der Waals surface area contributed by atoms with Crippen LogP contribution in [0.5, 0.6) is 0 Å². The normalized spacial score (nSPS) is 18.1. The molecule has 6 nitrogen and oxygen atoms in total. The lowest BCUT2D eigenvalue weighted by atomic mass is 10.0. The average molecular weight is 462 g/mol. The van der Waals surface area contributed by atoms with E-state index < -0.39 is 10.0 Å². The number of aryl methyl sites for hydroxylation is 1. The second kappa shape index (κ2) is 9.28. The van der Waals surface area contributed by atoms with E-state index >= 15 is 0 Å². The second-order valence-corrected chi connectivity index (χ2v) is 10.5. The van der Waals surface area contributed by atoms with Crippen LogP contribution in [0.25, 0.3) is 0 Å². The van der Waals surface area contributed by atoms with Gasteiger partial charge >= 0.3 is 0 Å². The van der Waals surface area contributed by atoms with Crippen LogP contribution >= 0.6 is 11.6 Å². The first-order valence-corrected chi connectivity index (χ1v) is 12.6. The van der Waals surface area contributed by atoms with Crippen molar-refractivity contribution in [1.29, 1.82) is 0 Å². The number of halogens is 1. The molecule has 1 unspecified atom stereocenters. The minimum atomic E-state index is -3.61. The van der Waals surface area contributed by atoms with Gasteiger partial charge in [-0.15, -0.1) is 0 Å². The lowest BCUT2D eigenvalue weighted by Crippen LogP contribution is -2.37. The third-order valence-corrected chi connectivity index (χ3v) is 7.69. The van der Waals surface area contributed by atoms with Crippen LogP contribution in [0.2, 0.25) is 5.02 Å². The quantitative estimate of drug-likeness (QED) is 0.628. The zero-order valence-electron chi connectivity index (χ0n) is 17.6. The van der Waals surface area contributed by atoms with Gasteiger partial charge in [-0.1, -0.05) is 29.8 Å². The van der Waals surface area contributed by atoms with Crippen molar-refractivity contribution in [3.8, 4) is 0 Å². The minimum absolute atomic E-state index is 0.0162. The van der Waals surface area contributed by atoms with E-state index in [0.717, 1.165) is 49.9 Å². The van der Waals surface area contributed by atoms with E-state index in [4.69, 9.17) is 11.6 Å². The molecule has 1 saturated carbocycles. The predicted octanol–water partition coefficient (Wildman–Crippen LogP) is 3.66. The molecule has 2 aromatic carbocycles. The van der Waals surface area contributed by atoms with E-state index in [1.54, 1.807) is 12.1 Å². The lowest BCUT2D eigenvalue weighted by molar-refractivity contribution is 0.0937. The van der Waals surface area contributed by atoms with Gasteiger partial charge in [0.05, 0.1) is 10.9 Å². The Morgan fingerprint density at radius 3 is 2.58 bits per heavy atom. The average Bonchev–Trinajstić information content (AvgIpc) is 3.36. The summed E-state index contributed by atoms with van der Waals surface area (Å²) in [5, 5.41) is 3.70. The second-order valence-electron chi connectivity index (χ2n) is 8.40. The van der Waals surface area contributed by atoms with Gasteiger partial charge in [0.2, 0.25) is 10.0 Å². The van der Waals surface area contributed by atoms with Crippen LogP contribution in [0, 0.1) is 6.92 Å². The smallest absolute Gasteiger partial charge is 0.251 e. The molecule has 2 N–H and O–H groups in total. The van der Waals surface area contributed by atoms with Gasteiger partial charge in [-0.2, -0.15) is 0 Å².